The lowest BCUT2D eigenvalue weighted by Gasteiger charge is -2.24. The summed E-state index contributed by atoms with van der Waals surface area (Å²) in [4.78, 5) is 14.4. The van der Waals surface area contributed by atoms with Gasteiger partial charge in [-0.25, -0.2) is 0 Å². The smallest absolute Gasteiger partial charge is 0.239 e. The highest BCUT2D eigenvalue weighted by molar-refractivity contribution is 5.82. The first-order valence-electron chi connectivity index (χ1n) is 8.93. The summed E-state index contributed by atoms with van der Waals surface area (Å²) >= 11 is 0. The van der Waals surface area contributed by atoms with Crippen LogP contribution in [0.2, 0.25) is 0 Å². The molecule has 0 bridgehead atoms. The predicted molar refractivity (Wildman–Crippen MR) is 91.5 cm³/mol. The molecule has 1 N–H and O–H groups in total. The van der Waals surface area contributed by atoms with E-state index in [2.05, 4.69) is 5.32 Å². The van der Waals surface area contributed by atoms with Gasteiger partial charge in [0, 0.05) is 19.6 Å². The second-order valence-electron chi connectivity index (χ2n) is 6.88. The van der Waals surface area contributed by atoms with E-state index in [9.17, 15) is 4.79 Å². The number of benzene rings is 1. The van der Waals surface area contributed by atoms with Crippen LogP contribution in [0, 0.1) is 5.92 Å². The van der Waals surface area contributed by atoms with E-state index in [0.29, 0.717) is 18.6 Å². The van der Waals surface area contributed by atoms with Crippen LogP contribution in [0.1, 0.15) is 38.5 Å². The number of fused-ring (bicyclic) bond motifs is 1. The van der Waals surface area contributed by atoms with E-state index >= 15 is 0 Å². The molecule has 1 aromatic rings. The Balaban J connectivity index is 1.38. The standard InChI is InChI=1S/C19H28N2O2/c1-21(12-7-13-23-16-9-3-2-4-10-16)19(22)18-14-15-8-5-6-11-17(15)20-18/h2-4,9-10,15,17-18,20H,5-8,11-14H2,1H3. The van der Waals surface area contributed by atoms with Crippen LogP contribution in [-0.2, 0) is 4.79 Å². The Kier molecular flexibility index (Phi) is 5.55. The quantitative estimate of drug-likeness (QED) is 0.821. The molecule has 23 heavy (non-hydrogen) atoms. The number of carbonyl (C=O) groups excluding carboxylic acids is 1. The molecule has 2 fully saturated rings. The Morgan fingerprint density at radius 1 is 1.26 bits per heavy atom. The topological polar surface area (TPSA) is 41.6 Å². The number of amides is 1. The summed E-state index contributed by atoms with van der Waals surface area (Å²) < 4.78 is 5.69. The zero-order valence-corrected chi connectivity index (χ0v) is 14.0. The van der Waals surface area contributed by atoms with Crippen molar-refractivity contribution >= 4 is 5.91 Å². The molecule has 1 saturated heterocycles. The predicted octanol–water partition coefficient (Wildman–Crippen LogP) is 2.83. The van der Waals surface area contributed by atoms with Gasteiger partial charge in [0.05, 0.1) is 12.6 Å². The normalized spacial score (nSPS) is 26.6. The first kappa shape index (κ1) is 16.3. The minimum Gasteiger partial charge on any atom is -0.494 e. The average Bonchev–Trinajstić information content (AvgIpc) is 3.03. The van der Waals surface area contributed by atoms with E-state index < -0.39 is 0 Å². The SMILES string of the molecule is CN(CCCOc1ccccc1)C(=O)C1CC2CCCCC2N1. The van der Waals surface area contributed by atoms with E-state index in [-0.39, 0.29) is 11.9 Å². The summed E-state index contributed by atoms with van der Waals surface area (Å²) in [6, 6.07) is 10.4. The Hall–Kier alpha value is -1.55. The fourth-order valence-corrected chi connectivity index (χ4v) is 3.90. The van der Waals surface area contributed by atoms with Gasteiger partial charge in [-0.05, 0) is 43.7 Å². The van der Waals surface area contributed by atoms with Crippen molar-refractivity contribution in [2.24, 2.45) is 5.92 Å². The number of hydrogen-bond donors (Lipinski definition) is 1. The van der Waals surface area contributed by atoms with Gasteiger partial charge in [0.1, 0.15) is 5.75 Å². The highest BCUT2D eigenvalue weighted by Gasteiger charge is 2.38. The summed E-state index contributed by atoms with van der Waals surface area (Å²) in [5, 5.41) is 3.57. The van der Waals surface area contributed by atoms with Crippen molar-refractivity contribution in [1.82, 2.24) is 10.2 Å². The maximum absolute atomic E-state index is 12.6. The van der Waals surface area contributed by atoms with Gasteiger partial charge in [0.15, 0.2) is 0 Å². The highest BCUT2D eigenvalue weighted by atomic mass is 16.5. The van der Waals surface area contributed by atoms with Crippen LogP contribution in [0.4, 0.5) is 0 Å². The van der Waals surface area contributed by atoms with Crippen LogP contribution in [0.5, 0.6) is 5.75 Å². The molecule has 3 atom stereocenters. The summed E-state index contributed by atoms with van der Waals surface area (Å²) in [6.07, 6.45) is 7.04. The number of nitrogens with zero attached hydrogens (tertiary/aromatic N) is 1. The lowest BCUT2D eigenvalue weighted by Crippen LogP contribution is -2.44. The van der Waals surface area contributed by atoms with Crippen LogP contribution in [0.3, 0.4) is 0 Å². The lowest BCUT2D eigenvalue weighted by molar-refractivity contribution is -0.132. The third kappa shape index (κ3) is 4.25. The Labute approximate surface area is 139 Å². The fourth-order valence-electron chi connectivity index (χ4n) is 3.90. The molecule has 0 aromatic heterocycles. The van der Waals surface area contributed by atoms with Crippen LogP contribution in [-0.4, -0.2) is 43.1 Å². The van der Waals surface area contributed by atoms with Gasteiger partial charge in [0.25, 0.3) is 0 Å². The second-order valence-corrected chi connectivity index (χ2v) is 6.88. The molecule has 0 spiro atoms. The van der Waals surface area contributed by atoms with E-state index in [1.165, 1.54) is 25.7 Å². The van der Waals surface area contributed by atoms with Crippen molar-refractivity contribution in [2.75, 3.05) is 20.2 Å². The maximum atomic E-state index is 12.6. The van der Waals surface area contributed by atoms with Crippen LogP contribution >= 0.6 is 0 Å². The molecular formula is C19H28N2O2. The minimum atomic E-state index is 0.0307. The Morgan fingerprint density at radius 2 is 2.04 bits per heavy atom. The van der Waals surface area contributed by atoms with Gasteiger partial charge >= 0.3 is 0 Å². The first-order chi connectivity index (χ1) is 11.2. The number of ether oxygens (including phenoxy) is 1. The molecule has 1 heterocycles. The summed E-state index contributed by atoms with van der Waals surface area (Å²) in [5.41, 5.74) is 0. The minimum absolute atomic E-state index is 0.0307. The van der Waals surface area contributed by atoms with Gasteiger partial charge in [-0.3, -0.25) is 4.79 Å². The summed E-state index contributed by atoms with van der Waals surface area (Å²) in [7, 11) is 1.91. The monoisotopic (exact) mass is 316 g/mol. The first-order valence-corrected chi connectivity index (χ1v) is 8.93. The molecule has 1 aliphatic heterocycles. The molecule has 3 unspecified atom stereocenters. The van der Waals surface area contributed by atoms with Crippen LogP contribution < -0.4 is 10.1 Å². The van der Waals surface area contributed by atoms with E-state index in [4.69, 9.17) is 4.74 Å². The number of likely N-dealkylation sites (N-methyl/N-ethyl adjacent to an activating group) is 1. The second kappa shape index (κ2) is 7.82. The van der Waals surface area contributed by atoms with Gasteiger partial charge in [-0.1, -0.05) is 31.0 Å². The highest BCUT2D eigenvalue weighted by Crippen LogP contribution is 2.33. The molecule has 1 aromatic carbocycles. The van der Waals surface area contributed by atoms with E-state index in [1.807, 2.05) is 42.3 Å². The number of hydrogen-bond acceptors (Lipinski definition) is 3. The number of rotatable bonds is 6. The average molecular weight is 316 g/mol. The molecule has 1 saturated carbocycles. The maximum Gasteiger partial charge on any atom is 0.239 e. The lowest BCUT2D eigenvalue weighted by atomic mass is 9.85. The van der Waals surface area contributed by atoms with Gasteiger partial charge in [-0.2, -0.15) is 0 Å². The molecule has 4 heteroatoms. The van der Waals surface area contributed by atoms with E-state index in [1.54, 1.807) is 0 Å². The van der Waals surface area contributed by atoms with Crippen molar-refractivity contribution < 1.29 is 9.53 Å². The fraction of sp³-hybridized carbons (Fsp3) is 0.632. The van der Waals surface area contributed by atoms with Crippen LogP contribution in [0.15, 0.2) is 30.3 Å². The van der Waals surface area contributed by atoms with Crippen LogP contribution in [0.25, 0.3) is 0 Å². The zero-order chi connectivity index (χ0) is 16.1. The van der Waals surface area contributed by atoms with Gasteiger partial charge < -0.3 is 15.0 Å². The number of para-hydroxylation sites is 1. The molecule has 0 radical (unpaired) electrons. The van der Waals surface area contributed by atoms with Crippen molar-refractivity contribution in [3.05, 3.63) is 30.3 Å². The number of carbonyl (C=O) groups is 1. The van der Waals surface area contributed by atoms with Crippen molar-refractivity contribution in [2.45, 2.75) is 50.6 Å². The molecule has 1 amide bonds. The Morgan fingerprint density at radius 3 is 2.83 bits per heavy atom. The largest absolute Gasteiger partial charge is 0.494 e. The molecule has 4 nitrogen and oxygen atoms in total. The van der Waals surface area contributed by atoms with Crippen molar-refractivity contribution in [1.29, 1.82) is 0 Å². The van der Waals surface area contributed by atoms with Gasteiger partial charge in [0.2, 0.25) is 5.91 Å². The van der Waals surface area contributed by atoms with E-state index in [0.717, 1.165) is 25.1 Å². The summed E-state index contributed by atoms with van der Waals surface area (Å²) in [6.45, 7) is 1.39. The third-order valence-corrected chi connectivity index (χ3v) is 5.19. The van der Waals surface area contributed by atoms with Gasteiger partial charge in [-0.15, -0.1) is 0 Å². The van der Waals surface area contributed by atoms with Crippen molar-refractivity contribution in [3.8, 4) is 5.75 Å². The van der Waals surface area contributed by atoms with Crippen molar-refractivity contribution in [3.63, 3.8) is 0 Å². The molecule has 3 rings (SSSR count). The summed E-state index contributed by atoms with van der Waals surface area (Å²) in [5.74, 6) is 1.86. The number of nitrogens with one attached hydrogen (secondary N) is 1. The molecule has 1 aliphatic carbocycles. The zero-order valence-electron chi connectivity index (χ0n) is 14.0. The molecule has 126 valence electrons. The molecule has 2 aliphatic rings. The molecular weight excluding hydrogens is 288 g/mol. The third-order valence-electron chi connectivity index (χ3n) is 5.19. The Bertz CT molecular complexity index is 491.